The summed E-state index contributed by atoms with van der Waals surface area (Å²) in [5, 5.41) is 5.80. The van der Waals surface area contributed by atoms with Crippen molar-refractivity contribution >= 4 is 17.3 Å². The van der Waals surface area contributed by atoms with Crippen LogP contribution in [0, 0.1) is 0 Å². The molecule has 0 aliphatic rings. The van der Waals surface area contributed by atoms with Crippen molar-refractivity contribution in [1.82, 2.24) is 15.1 Å². The molecule has 8 heteroatoms. The van der Waals surface area contributed by atoms with E-state index in [0.717, 1.165) is 4.88 Å². The molecule has 0 spiro atoms. The van der Waals surface area contributed by atoms with E-state index in [0.29, 0.717) is 11.6 Å². The minimum atomic E-state index is -0.593. The molecular weight excluding hydrogens is 366 g/mol. The summed E-state index contributed by atoms with van der Waals surface area (Å²) in [6.07, 6.45) is 1.54. The number of hydrogen-bond acceptors (Lipinski definition) is 8. The van der Waals surface area contributed by atoms with Gasteiger partial charge in [-0.3, -0.25) is 0 Å². The van der Waals surface area contributed by atoms with Crippen LogP contribution in [0.15, 0.2) is 70.7 Å². The van der Waals surface area contributed by atoms with Crippen molar-refractivity contribution in [2.75, 3.05) is 0 Å². The van der Waals surface area contributed by atoms with Crippen molar-refractivity contribution in [1.29, 1.82) is 0 Å². The van der Waals surface area contributed by atoms with Gasteiger partial charge in [-0.25, -0.2) is 9.78 Å². The van der Waals surface area contributed by atoms with E-state index in [4.69, 9.17) is 14.0 Å². The van der Waals surface area contributed by atoms with E-state index in [-0.39, 0.29) is 23.9 Å². The third-order valence-electron chi connectivity index (χ3n) is 3.49. The summed E-state index contributed by atoms with van der Waals surface area (Å²) in [6, 6.07) is 16.1. The van der Waals surface area contributed by atoms with Crippen LogP contribution < -0.4 is 4.74 Å². The topological polar surface area (TPSA) is 87.3 Å². The molecule has 4 aromatic rings. The number of nitrogens with zero attached hydrogens (tertiary/aromatic N) is 3. The highest BCUT2D eigenvalue weighted by Gasteiger charge is 2.18. The molecule has 0 saturated carbocycles. The van der Waals surface area contributed by atoms with E-state index >= 15 is 0 Å². The molecule has 0 aliphatic heterocycles. The zero-order valence-electron chi connectivity index (χ0n) is 13.9. The molecular formula is C19H13N3O4S. The predicted molar refractivity (Wildman–Crippen MR) is 97.5 cm³/mol. The summed E-state index contributed by atoms with van der Waals surface area (Å²) in [5.74, 6) is 0.817. The van der Waals surface area contributed by atoms with E-state index in [1.54, 1.807) is 30.5 Å². The second kappa shape index (κ2) is 7.79. The fraction of sp³-hybridized carbons (Fsp3) is 0.0526. The lowest BCUT2D eigenvalue weighted by Gasteiger charge is -2.08. The average molecular weight is 379 g/mol. The summed E-state index contributed by atoms with van der Waals surface area (Å²) in [6.45, 7) is -0.142. The number of para-hydroxylation sites is 1. The maximum atomic E-state index is 12.4. The smallest absolute Gasteiger partial charge is 0.344 e. The highest BCUT2D eigenvalue weighted by atomic mass is 32.1. The fourth-order valence-corrected chi connectivity index (χ4v) is 2.90. The fourth-order valence-electron chi connectivity index (χ4n) is 2.25. The Labute approximate surface area is 158 Å². The first-order valence-electron chi connectivity index (χ1n) is 8.01. The molecule has 0 bridgehead atoms. The lowest BCUT2D eigenvalue weighted by Crippen LogP contribution is -2.08. The molecule has 27 heavy (non-hydrogen) atoms. The highest BCUT2D eigenvalue weighted by molar-refractivity contribution is 7.13. The van der Waals surface area contributed by atoms with Gasteiger partial charge in [0.1, 0.15) is 11.3 Å². The van der Waals surface area contributed by atoms with E-state index in [9.17, 15) is 4.79 Å². The average Bonchev–Trinajstić information content (AvgIpc) is 3.39. The van der Waals surface area contributed by atoms with E-state index < -0.39 is 5.97 Å². The molecule has 7 nitrogen and oxygen atoms in total. The molecule has 3 heterocycles. The van der Waals surface area contributed by atoms with Crippen molar-refractivity contribution in [3.8, 4) is 22.3 Å². The molecule has 0 fully saturated rings. The van der Waals surface area contributed by atoms with Gasteiger partial charge in [0.25, 0.3) is 5.89 Å². The summed E-state index contributed by atoms with van der Waals surface area (Å²) in [5.41, 5.74) is 0.208. The number of rotatable bonds is 6. The monoisotopic (exact) mass is 379 g/mol. The molecule has 134 valence electrons. The van der Waals surface area contributed by atoms with Crippen LogP contribution in [0.3, 0.4) is 0 Å². The van der Waals surface area contributed by atoms with Gasteiger partial charge in [0.2, 0.25) is 11.7 Å². The van der Waals surface area contributed by atoms with Gasteiger partial charge in [0, 0.05) is 6.20 Å². The zero-order chi connectivity index (χ0) is 18.5. The van der Waals surface area contributed by atoms with Gasteiger partial charge in [-0.15, -0.1) is 11.3 Å². The quantitative estimate of drug-likeness (QED) is 0.460. The number of carbonyl (C=O) groups excluding carboxylic acids is 1. The third kappa shape index (κ3) is 4.01. The summed E-state index contributed by atoms with van der Waals surface area (Å²) in [7, 11) is 0. The van der Waals surface area contributed by atoms with E-state index in [1.165, 1.54) is 11.3 Å². The van der Waals surface area contributed by atoms with Gasteiger partial charge in [0.15, 0.2) is 6.61 Å². The Morgan fingerprint density at radius 2 is 1.96 bits per heavy atom. The Morgan fingerprint density at radius 3 is 2.78 bits per heavy atom. The van der Waals surface area contributed by atoms with Crippen LogP contribution in [0.2, 0.25) is 0 Å². The predicted octanol–water partition coefficient (Wildman–Crippen LogP) is 4.34. The summed E-state index contributed by atoms with van der Waals surface area (Å²) < 4.78 is 16.1. The second-order valence-electron chi connectivity index (χ2n) is 5.34. The van der Waals surface area contributed by atoms with E-state index in [2.05, 4.69) is 15.1 Å². The largest absolute Gasteiger partial charge is 0.452 e. The van der Waals surface area contributed by atoms with Gasteiger partial charge in [-0.05, 0) is 35.7 Å². The number of hydrogen-bond donors (Lipinski definition) is 0. The van der Waals surface area contributed by atoms with Gasteiger partial charge in [-0.2, -0.15) is 4.98 Å². The number of esters is 1. The molecule has 0 aliphatic carbocycles. The maximum absolute atomic E-state index is 12.4. The first kappa shape index (κ1) is 16.9. The minimum absolute atomic E-state index is 0.142. The summed E-state index contributed by atoms with van der Waals surface area (Å²) in [4.78, 5) is 21.6. The standard InChI is InChI=1S/C19H13N3O4S/c23-19(24-12-16-21-17(22-26-16)15-9-5-11-27-15)14-8-4-10-20-18(14)25-13-6-2-1-3-7-13/h1-11H,12H2. The molecule has 3 aromatic heterocycles. The number of thiophene rings is 1. The van der Waals surface area contributed by atoms with Crippen LogP contribution in [0.4, 0.5) is 0 Å². The molecule has 0 N–H and O–H groups in total. The molecule has 0 saturated heterocycles. The second-order valence-corrected chi connectivity index (χ2v) is 6.28. The van der Waals surface area contributed by atoms with Crippen LogP contribution in [0.5, 0.6) is 11.6 Å². The molecule has 4 rings (SSSR count). The van der Waals surface area contributed by atoms with Crippen LogP contribution in [0.1, 0.15) is 16.2 Å². The van der Waals surface area contributed by atoms with Gasteiger partial charge in [-0.1, -0.05) is 29.4 Å². The molecule has 0 atom stereocenters. The molecule has 0 amide bonds. The first-order chi connectivity index (χ1) is 13.3. The van der Waals surface area contributed by atoms with Crippen molar-refractivity contribution in [3.05, 3.63) is 77.6 Å². The van der Waals surface area contributed by atoms with E-state index in [1.807, 2.05) is 35.7 Å². The summed E-state index contributed by atoms with van der Waals surface area (Å²) >= 11 is 1.50. The Kier molecular flexibility index (Phi) is 4.88. The SMILES string of the molecule is O=C(OCc1nc(-c2cccs2)no1)c1cccnc1Oc1ccccc1. The number of carbonyl (C=O) groups is 1. The Hall–Kier alpha value is -3.52. The maximum Gasteiger partial charge on any atom is 0.344 e. The lowest BCUT2D eigenvalue weighted by molar-refractivity contribution is 0.0426. The van der Waals surface area contributed by atoms with Crippen molar-refractivity contribution < 1.29 is 18.8 Å². The van der Waals surface area contributed by atoms with Crippen LogP contribution in [-0.2, 0) is 11.3 Å². The number of pyridine rings is 1. The van der Waals surface area contributed by atoms with Crippen LogP contribution in [0.25, 0.3) is 10.7 Å². The van der Waals surface area contributed by atoms with Crippen molar-refractivity contribution in [2.24, 2.45) is 0 Å². The minimum Gasteiger partial charge on any atom is -0.452 e. The van der Waals surface area contributed by atoms with Crippen LogP contribution in [-0.4, -0.2) is 21.1 Å². The van der Waals surface area contributed by atoms with Gasteiger partial charge < -0.3 is 14.0 Å². The molecule has 1 aromatic carbocycles. The van der Waals surface area contributed by atoms with Crippen LogP contribution >= 0.6 is 11.3 Å². The lowest BCUT2D eigenvalue weighted by atomic mass is 10.2. The number of benzene rings is 1. The molecule has 0 unspecified atom stereocenters. The van der Waals surface area contributed by atoms with Gasteiger partial charge in [0.05, 0.1) is 4.88 Å². The number of ether oxygens (including phenoxy) is 2. The Balaban J connectivity index is 1.44. The Morgan fingerprint density at radius 1 is 1.07 bits per heavy atom. The Bertz CT molecular complexity index is 1030. The third-order valence-corrected chi connectivity index (χ3v) is 4.35. The molecule has 0 radical (unpaired) electrons. The van der Waals surface area contributed by atoms with Crippen molar-refractivity contribution in [3.63, 3.8) is 0 Å². The highest BCUT2D eigenvalue weighted by Crippen LogP contribution is 2.24. The number of aromatic nitrogens is 3. The van der Waals surface area contributed by atoms with Crippen molar-refractivity contribution in [2.45, 2.75) is 6.61 Å². The normalized spacial score (nSPS) is 10.5. The van der Waals surface area contributed by atoms with Gasteiger partial charge >= 0.3 is 5.97 Å². The first-order valence-corrected chi connectivity index (χ1v) is 8.89. The zero-order valence-corrected chi connectivity index (χ0v) is 14.8.